The van der Waals surface area contributed by atoms with Crippen molar-refractivity contribution in [3.05, 3.63) is 66.5 Å². The third kappa shape index (κ3) is 3.38. The zero-order valence-electron chi connectivity index (χ0n) is 17.5. The van der Waals surface area contributed by atoms with Crippen molar-refractivity contribution < 1.29 is 0 Å². The van der Waals surface area contributed by atoms with E-state index in [0.717, 1.165) is 70.4 Å². The molecule has 0 saturated carbocycles. The van der Waals surface area contributed by atoms with Gasteiger partial charge in [-0.1, -0.05) is 12.1 Å². The molecule has 0 fully saturated rings. The Morgan fingerprint density at radius 2 is 2.03 bits per heavy atom. The highest BCUT2D eigenvalue weighted by Crippen LogP contribution is 2.30. The van der Waals surface area contributed by atoms with E-state index in [9.17, 15) is 0 Å². The van der Waals surface area contributed by atoms with E-state index in [4.69, 9.17) is 0 Å². The van der Waals surface area contributed by atoms with Gasteiger partial charge < -0.3 is 15.6 Å². The molecule has 0 spiro atoms. The predicted octanol–water partition coefficient (Wildman–Crippen LogP) is 3.43. The molecule has 0 unspecified atom stereocenters. The second kappa shape index (κ2) is 7.54. The maximum Gasteiger partial charge on any atom is 0.246 e. The lowest BCUT2D eigenvalue weighted by Crippen LogP contribution is -2.28. The van der Waals surface area contributed by atoms with E-state index in [0.29, 0.717) is 5.95 Å². The number of aromatic amines is 1. The number of H-pyrrole nitrogens is 1. The van der Waals surface area contributed by atoms with E-state index in [1.165, 1.54) is 0 Å². The van der Waals surface area contributed by atoms with Gasteiger partial charge in [-0.05, 0) is 37.3 Å². The maximum atomic E-state index is 4.64. The third-order valence-electron chi connectivity index (χ3n) is 5.53. The first-order valence-electron chi connectivity index (χ1n) is 10.5. The van der Waals surface area contributed by atoms with Gasteiger partial charge in [0.1, 0.15) is 5.82 Å². The molecule has 5 heterocycles. The number of fused-ring (bicyclic) bond motifs is 2. The van der Waals surface area contributed by atoms with Gasteiger partial charge in [0, 0.05) is 23.2 Å². The van der Waals surface area contributed by atoms with E-state index >= 15 is 0 Å². The molecule has 0 amide bonds. The number of aryl methyl sites for hydroxylation is 1. The largest absolute Gasteiger partial charge is 0.343 e. The summed E-state index contributed by atoms with van der Waals surface area (Å²) in [5.41, 5.74) is 6.34. The summed E-state index contributed by atoms with van der Waals surface area (Å²) >= 11 is 0. The highest BCUT2D eigenvalue weighted by molar-refractivity contribution is 5.88. The number of imidazole rings is 1. The molecule has 3 N–H and O–H groups in total. The molecule has 9 heteroatoms. The highest BCUT2D eigenvalue weighted by Gasteiger charge is 2.15. The van der Waals surface area contributed by atoms with Crippen LogP contribution in [0.1, 0.15) is 11.5 Å². The molecule has 0 radical (unpaired) electrons. The Morgan fingerprint density at radius 1 is 1.06 bits per heavy atom. The Hall–Kier alpha value is -4.11. The number of anilines is 2. The van der Waals surface area contributed by atoms with Crippen LogP contribution in [0.25, 0.3) is 33.5 Å². The van der Waals surface area contributed by atoms with Gasteiger partial charge in [-0.2, -0.15) is 4.98 Å². The summed E-state index contributed by atoms with van der Waals surface area (Å²) in [6.07, 6.45) is 3.51. The molecular weight excluding hydrogens is 402 g/mol. The third-order valence-corrected chi connectivity index (χ3v) is 5.53. The molecule has 6 rings (SSSR count). The summed E-state index contributed by atoms with van der Waals surface area (Å²) in [4.78, 5) is 21.6. The second-order valence-electron chi connectivity index (χ2n) is 7.80. The molecule has 158 valence electrons. The first kappa shape index (κ1) is 18.6. The van der Waals surface area contributed by atoms with Crippen molar-refractivity contribution in [2.24, 2.45) is 0 Å². The van der Waals surface area contributed by atoms with Crippen LogP contribution in [-0.4, -0.2) is 41.2 Å². The molecule has 0 aliphatic carbocycles. The minimum Gasteiger partial charge on any atom is -0.343 e. The van der Waals surface area contributed by atoms with Crippen LogP contribution in [0, 0.1) is 6.92 Å². The fourth-order valence-electron chi connectivity index (χ4n) is 3.99. The normalized spacial score (nSPS) is 13.3. The lowest BCUT2D eigenvalue weighted by molar-refractivity contribution is 0.469. The first-order chi connectivity index (χ1) is 15.7. The van der Waals surface area contributed by atoms with Crippen LogP contribution in [0.4, 0.5) is 11.6 Å². The van der Waals surface area contributed by atoms with Crippen LogP contribution < -0.4 is 10.6 Å². The lowest BCUT2D eigenvalue weighted by Gasteiger charge is -2.11. The van der Waals surface area contributed by atoms with E-state index in [2.05, 4.69) is 52.8 Å². The molecule has 4 aromatic heterocycles. The van der Waals surface area contributed by atoms with Crippen LogP contribution in [-0.2, 0) is 13.1 Å². The number of hydrogen-bond acceptors (Lipinski definition) is 7. The standard InChI is InChI=1S/C23H21N9/c1-14-3-2-4-19(28-14)22-21(26-13-27-22)15-5-6-18-16(9-15)10-17(11-25-18)29-23-30-20-12-24-7-8-32(20)31-23/h2-6,9-11,13,24H,7-8,12H2,1H3,(H,26,27)(H,29,31). The highest BCUT2D eigenvalue weighted by atomic mass is 15.4. The minimum atomic E-state index is 0.584. The molecule has 1 aliphatic heterocycles. The number of rotatable bonds is 4. The Balaban J connectivity index is 1.34. The number of benzene rings is 1. The molecule has 5 aromatic rings. The molecule has 9 nitrogen and oxygen atoms in total. The molecular formula is C23H21N9. The molecule has 0 atom stereocenters. The van der Waals surface area contributed by atoms with Crippen LogP contribution in [0.2, 0.25) is 0 Å². The van der Waals surface area contributed by atoms with Crippen molar-refractivity contribution in [3.63, 3.8) is 0 Å². The van der Waals surface area contributed by atoms with Gasteiger partial charge in [0.2, 0.25) is 5.95 Å². The monoisotopic (exact) mass is 423 g/mol. The predicted molar refractivity (Wildman–Crippen MR) is 122 cm³/mol. The van der Waals surface area contributed by atoms with Gasteiger partial charge in [-0.15, -0.1) is 5.10 Å². The van der Waals surface area contributed by atoms with Crippen LogP contribution in [0.3, 0.4) is 0 Å². The van der Waals surface area contributed by atoms with Crippen LogP contribution in [0.5, 0.6) is 0 Å². The van der Waals surface area contributed by atoms with E-state index < -0.39 is 0 Å². The molecule has 0 saturated heterocycles. The summed E-state index contributed by atoms with van der Waals surface area (Å²) in [6.45, 7) is 4.45. The van der Waals surface area contributed by atoms with E-state index in [1.54, 1.807) is 12.5 Å². The minimum absolute atomic E-state index is 0.584. The molecule has 0 bridgehead atoms. The quantitative estimate of drug-likeness (QED) is 0.406. The summed E-state index contributed by atoms with van der Waals surface area (Å²) in [7, 11) is 0. The zero-order valence-corrected chi connectivity index (χ0v) is 17.5. The maximum absolute atomic E-state index is 4.64. The molecule has 1 aromatic carbocycles. The second-order valence-corrected chi connectivity index (χ2v) is 7.80. The van der Waals surface area contributed by atoms with Gasteiger partial charge >= 0.3 is 0 Å². The number of nitrogens with one attached hydrogen (secondary N) is 3. The van der Waals surface area contributed by atoms with Crippen LogP contribution in [0.15, 0.2) is 55.0 Å². The van der Waals surface area contributed by atoms with E-state index in [1.807, 2.05) is 41.9 Å². The van der Waals surface area contributed by atoms with Crippen molar-refractivity contribution in [3.8, 4) is 22.6 Å². The Morgan fingerprint density at radius 3 is 2.94 bits per heavy atom. The number of aromatic nitrogens is 7. The van der Waals surface area contributed by atoms with Crippen molar-refractivity contribution in [1.29, 1.82) is 0 Å². The van der Waals surface area contributed by atoms with Gasteiger partial charge in [0.25, 0.3) is 0 Å². The van der Waals surface area contributed by atoms with Crippen LogP contribution >= 0.6 is 0 Å². The van der Waals surface area contributed by atoms with Crippen molar-refractivity contribution in [2.45, 2.75) is 20.0 Å². The fourth-order valence-corrected chi connectivity index (χ4v) is 3.99. The first-order valence-corrected chi connectivity index (χ1v) is 10.5. The van der Waals surface area contributed by atoms with Gasteiger partial charge in [-0.25, -0.2) is 9.67 Å². The topological polar surface area (TPSA) is 109 Å². The van der Waals surface area contributed by atoms with Crippen molar-refractivity contribution in [1.82, 2.24) is 40.0 Å². The Kier molecular flexibility index (Phi) is 4.39. The SMILES string of the molecule is Cc1cccc(-c2[nH]cnc2-c2ccc3ncc(Nc4nc5n(n4)CCNC5)cc3c2)n1. The smallest absolute Gasteiger partial charge is 0.246 e. The average molecular weight is 423 g/mol. The fraction of sp³-hybridized carbons (Fsp3) is 0.174. The van der Waals surface area contributed by atoms with Gasteiger partial charge in [-0.3, -0.25) is 9.97 Å². The molecule has 1 aliphatic rings. The summed E-state index contributed by atoms with van der Waals surface area (Å²) in [6, 6.07) is 14.2. The number of pyridine rings is 2. The Labute approximate surface area is 184 Å². The lowest BCUT2D eigenvalue weighted by atomic mass is 10.0. The van der Waals surface area contributed by atoms with Gasteiger partial charge in [0.15, 0.2) is 0 Å². The van der Waals surface area contributed by atoms with E-state index in [-0.39, 0.29) is 0 Å². The summed E-state index contributed by atoms with van der Waals surface area (Å²) in [5, 5.41) is 12.1. The van der Waals surface area contributed by atoms with Crippen molar-refractivity contribution in [2.75, 3.05) is 11.9 Å². The number of hydrogen-bond donors (Lipinski definition) is 3. The molecule has 32 heavy (non-hydrogen) atoms. The summed E-state index contributed by atoms with van der Waals surface area (Å²) < 4.78 is 1.93. The number of nitrogens with zero attached hydrogens (tertiary/aromatic N) is 6. The average Bonchev–Trinajstić information content (AvgIpc) is 3.45. The zero-order chi connectivity index (χ0) is 21.5. The Bertz CT molecular complexity index is 1410. The van der Waals surface area contributed by atoms with Gasteiger partial charge in [0.05, 0.1) is 53.9 Å². The summed E-state index contributed by atoms with van der Waals surface area (Å²) in [5.74, 6) is 1.52. The van der Waals surface area contributed by atoms with Crippen molar-refractivity contribution >= 4 is 22.5 Å².